The van der Waals surface area contributed by atoms with Crippen LogP contribution >= 0.6 is 11.6 Å². The van der Waals surface area contributed by atoms with Gasteiger partial charge in [0.15, 0.2) is 12.4 Å². The molecule has 2 aromatic rings. The van der Waals surface area contributed by atoms with E-state index in [1.54, 1.807) is 24.3 Å². The lowest BCUT2D eigenvalue weighted by molar-refractivity contribution is -0.143. The quantitative estimate of drug-likeness (QED) is 0.602. The van der Waals surface area contributed by atoms with E-state index < -0.39 is 24.2 Å². The number of hydrogen-bond acceptors (Lipinski definition) is 4. The summed E-state index contributed by atoms with van der Waals surface area (Å²) in [6, 6.07) is 11.5. The first kappa shape index (κ1) is 18.6. The molecule has 0 bridgehead atoms. The maximum atomic E-state index is 12.8. The van der Waals surface area contributed by atoms with Crippen LogP contribution in [0.5, 0.6) is 0 Å². The van der Waals surface area contributed by atoms with Crippen LogP contribution in [0.25, 0.3) is 0 Å². The average Bonchev–Trinajstić information content (AvgIpc) is 2.60. The normalized spacial score (nSPS) is 10.2. The number of amides is 1. The van der Waals surface area contributed by atoms with Gasteiger partial charge in [0.2, 0.25) is 5.91 Å². The van der Waals surface area contributed by atoms with Crippen LogP contribution < -0.4 is 5.32 Å². The minimum Gasteiger partial charge on any atom is -0.457 e. The summed E-state index contributed by atoms with van der Waals surface area (Å²) in [6.45, 7) is -0.455. The highest BCUT2D eigenvalue weighted by molar-refractivity contribution is 6.30. The van der Waals surface area contributed by atoms with Gasteiger partial charge in [-0.3, -0.25) is 14.4 Å². The van der Waals surface area contributed by atoms with E-state index in [-0.39, 0.29) is 24.3 Å². The molecular weight excluding hydrogens is 349 g/mol. The smallest absolute Gasteiger partial charge is 0.306 e. The van der Waals surface area contributed by atoms with Crippen LogP contribution in [0.3, 0.4) is 0 Å². The Morgan fingerprint density at radius 2 is 1.60 bits per heavy atom. The van der Waals surface area contributed by atoms with E-state index in [1.165, 1.54) is 12.1 Å². The second-order valence-electron chi connectivity index (χ2n) is 5.15. The maximum absolute atomic E-state index is 12.8. The van der Waals surface area contributed by atoms with E-state index in [1.807, 2.05) is 0 Å². The van der Waals surface area contributed by atoms with Gasteiger partial charge in [0.05, 0.1) is 6.42 Å². The molecule has 0 aliphatic heterocycles. The van der Waals surface area contributed by atoms with Gasteiger partial charge in [-0.15, -0.1) is 0 Å². The zero-order chi connectivity index (χ0) is 18.2. The lowest BCUT2D eigenvalue weighted by atomic mass is 10.1. The number of carbonyl (C=O) groups excluding carboxylic acids is 3. The molecule has 1 N–H and O–H groups in total. The molecule has 0 saturated heterocycles. The number of carbonyl (C=O) groups is 3. The van der Waals surface area contributed by atoms with Crippen molar-refractivity contribution in [2.45, 2.75) is 12.8 Å². The Labute approximate surface area is 148 Å². The standard InChI is InChI=1S/C18H15ClFNO4/c19-13-3-7-15(8-4-13)21-17(23)9-10-18(24)25-11-16(22)12-1-5-14(20)6-2-12/h1-8H,9-11H2,(H,21,23). The molecule has 7 heteroatoms. The minimum absolute atomic E-state index is 0.0772. The van der Waals surface area contributed by atoms with Crippen LogP contribution in [-0.2, 0) is 14.3 Å². The summed E-state index contributed by atoms with van der Waals surface area (Å²) in [4.78, 5) is 35.1. The molecule has 2 aromatic carbocycles. The molecule has 0 aromatic heterocycles. The third-order valence-electron chi connectivity index (χ3n) is 3.21. The molecule has 0 spiro atoms. The van der Waals surface area contributed by atoms with Crippen LogP contribution in [0, 0.1) is 5.82 Å². The lowest BCUT2D eigenvalue weighted by Gasteiger charge is -2.06. The molecule has 130 valence electrons. The summed E-state index contributed by atoms with van der Waals surface area (Å²) in [7, 11) is 0. The van der Waals surface area contributed by atoms with Crippen molar-refractivity contribution < 1.29 is 23.5 Å². The van der Waals surface area contributed by atoms with E-state index in [2.05, 4.69) is 5.32 Å². The van der Waals surface area contributed by atoms with Gasteiger partial charge in [0.25, 0.3) is 0 Å². The number of rotatable bonds is 7. The molecule has 1 amide bonds. The molecule has 0 unspecified atom stereocenters. The monoisotopic (exact) mass is 363 g/mol. The average molecular weight is 364 g/mol. The Morgan fingerprint density at radius 1 is 0.960 bits per heavy atom. The first-order chi connectivity index (χ1) is 11.9. The Kier molecular flexibility index (Phi) is 6.65. The maximum Gasteiger partial charge on any atom is 0.306 e. The zero-order valence-electron chi connectivity index (χ0n) is 13.1. The van der Waals surface area contributed by atoms with Crippen molar-refractivity contribution >= 4 is 34.9 Å². The van der Waals surface area contributed by atoms with Gasteiger partial charge < -0.3 is 10.1 Å². The Hall–Kier alpha value is -2.73. The van der Waals surface area contributed by atoms with Gasteiger partial charge in [-0.25, -0.2) is 4.39 Å². The molecule has 0 radical (unpaired) electrons. The number of nitrogens with one attached hydrogen (secondary N) is 1. The Balaban J connectivity index is 1.71. The zero-order valence-corrected chi connectivity index (χ0v) is 13.9. The van der Waals surface area contributed by atoms with Gasteiger partial charge in [-0.05, 0) is 48.5 Å². The van der Waals surface area contributed by atoms with Gasteiger partial charge in [-0.2, -0.15) is 0 Å². The fraction of sp³-hybridized carbons (Fsp3) is 0.167. The van der Waals surface area contributed by atoms with Crippen LogP contribution in [0.15, 0.2) is 48.5 Å². The third kappa shape index (κ3) is 6.35. The predicted molar refractivity (Wildman–Crippen MR) is 91.0 cm³/mol. The second-order valence-corrected chi connectivity index (χ2v) is 5.58. The summed E-state index contributed by atoms with van der Waals surface area (Å²) in [6.07, 6.45) is -0.234. The SMILES string of the molecule is O=C(CCC(=O)OCC(=O)c1ccc(F)cc1)Nc1ccc(Cl)cc1. The van der Waals surface area contributed by atoms with Gasteiger partial charge in [-0.1, -0.05) is 11.6 Å². The van der Waals surface area contributed by atoms with E-state index in [9.17, 15) is 18.8 Å². The third-order valence-corrected chi connectivity index (χ3v) is 3.47. The molecule has 25 heavy (non-hydrogen) atoms. The molecule has 0 atom stereocenters. The molecule has 2 rings (SSSR count). The number of hydrogen-bond donors (Lipinski definition) is 1. The fourth-order valence-electron chi connectivity index (χ4n) is 1.91. The van der Waals surface area contributed by atoms with E-state index in [4.69, 9.17) is 16.3 Å². The van der Waals surface area contributed by atoms with E-state index >= 15 is 0 Å². The second kappa shape index (κ2) is 8.94. The van der Waals surface area contributed by atoms with Crippen molar-refractivity contribution in [3.63, 3.8) is 0 Å². The number of anilines is 1. The van der Waals surface area contributed by atoms with Crippen molar-refractivity contribution in [1.82, 2.24) is 0 Å². The summed E-state index contributed by atoms with van der Waals surface area (Å²) in [5.41, 5.74) is 0.809. The summed E-state index contributed by atoms with van der Waals surface area (Å²) >= 11 is 5.74. The van der Waals surface area contributed by atoms with Crippen molar-refractivity contribution in [3.8, 4) is 0 Å². The summed E-state index contributed by atoms with van der Waals surface area (Å²) < 4.78 is 17.6. The number of ketones is 1. The Bertz CT molecular complexity index is 760. The van der Waals surface area contributed by atoms with Crippen molar-refractivity contribution in [1.29, 1.82) is 0 Å². The van der Waals surface area contributed by atoms with Crippen LogP contribution in [0.4, 0.5) is 10.1 Å². The molecule has 5 nitrogen and oxygen atoms in total. The number of esters is 1. The lowest BCUT2D eigenvalue weighted by Crippen LogP contribution is -2.17. The highest BCUT2D eigenvalue weighted by Gasteiger charge is 2.12. The van der Waals surface area contributed by atoms with Crippen LogP contribution in [-0.4, -0.2) is 24.3 Å². The largest absolute Gasteiger partial charge is 0.457 e. The minimum atomic E-state index is -0.665. The van der Waals surface area contributed by atoms with E-state index in [0.717, 1.165) is 12.1 Å². The molecule has 0 aliphatic rings. The highest BCUT2D eigenvalue weighted by Crippen LogP contribution is 2.13. The van der Waals surface area contributed by atoms with Gasteiger partial charge in [0, 0.05) is 22.7 Å². The fourth-order valence-corrected chi connectivity index (χ4v) is 2.04. The Morgan fingerprint density at radius 3 is 2.24 bits per heavy atom. The first-order valence-electron chi connectivity index (χ1n) is 7.44. The number of halogens is 2. The molecule has 0 fully saturated rings. The molecular formula is C18H15ClFNO4. The summed E-state index contributed by atoms with van der Waals surface area (Å²) in [5.74, 6) is -1.93. The predicted octanol–water partition coefficient (Wildman–Crippen LogP) is 3.62. The van der Waals surface area contributed by atoms with Gasteiger partial charge in [0.1, 0.15) is 5.82 Å². The molecule has 0 aliphatic carbocycles. The highest BCUT2D eigenvalue weighted by atomic mass is 35.5. The molecule has 0 heterocycles. The number of ether oxygens (including phenoxy) is 1. The topological polar surface area (TPSA) is 72.5 Å². The molecule has 0 saturated carbocycles. The van der Waals surface area contributed by atoms with Crippen molar-refractivity contribution in [2.24, 2.45) is 0 Å². The van der Waals surface area contributed by atoms with E-state index in [0.29, 0.717) is 10.7 Å². The number of benzene rings is 2. The van der Waals surface area contributed by atoms with Crippen LogP contribution in [0.2, 0.25) is 5.02 Å². The van der Waals surface area contributed by atoms with Crippen molar-refractivity contribution in [2.75, 3.05) is 11.9 Å². The van der Waals surface area contributed by atoms with Crippen molar-refractivity contribution in [3.05, 3.63) is 64.9 Å². The van der Waals surface area contributed by atoms with Crippen LogP contribution in [0.1, 0.15) is 23.2 Å². The van der Waals surface area contributed by atoms with Gasteiger partial charge >= 0.3 is 5.97 Å². The first-order valence-corrected chi connectivity index (χ1v) is 7.81. The summed E-state index contributed by atoms with van der Waals surface area (Å²) in [5, 5.41) is 3.16. The number of Topliss-reactive ketones (excluding diaryl/α,β-unsaturated/α-hetero) is 1.